The molecule has 0 heterocycles. The van der Waals surface area contributed by atoms with Gasteiger partial charge < -0.3 is 0 Å². The third-order valence-electron chi connectivity index (χ3n) is 2.92. The van der Waals surface area contributed by atoms with Crippen LogP contribution in [0.15, 0.2) is 58.3 Å². The summed E-state index contributed by atoms with van der Waals surface area (Å²) in [6.07, 6.45) is -5.27. The van der Waals surface area contributed by atoms with Crippen LogP contribution in [0.3, 0.4) is 0 Å². The van der Waals surface area contributed by atoms with Crippen molar-refractivity contribution < 1.29 is 9.85 Å². The molecule has 126 valence electrons. The fourth-order valence-corrected chi connectivity index (χ4v) is 9.50. The monoisotopic (exact) mass is 436 g/mol. The summed E-state index contributed by atoms with van der Waals surface area (Å²) in [6, 6.07) is 11.3. The van der Waals surface area contributed by atoms with Crippen molar-refractivity contribution in [1.29, 1.82) is 0 Å². The average molecular weight is 437 g/mol. The Hall–Kier alpha value is -1.18. The third-order valence-corrected chi connectivity index (χ3v) is 20.8. The van der Waals surface area contributed by atoms with Gasteiger partial charge in [-0.05, 0) is 69.2 Å². The second-order valence-corrected chi connectivity index (χ2v) is 20.0. The molecule has 0 N–H and O–H groups in total. The highest BCUT2D eigenvalue weighted by Gasteiger charge is 2.22. The standard InChI is InChI=1S/C12H8N2O4S6/c15-13(16)9-3-1-5-11(7-9)23(19,20)24(21,22)12-6-2-4-10(8-12)14(17)18/h1-8H. The SMILES string of the molecule is O=[N+]([O-])c1cccc(S(=S)(=S)S(=S)(=S)c2cccc([N+](=O)[O-])c2)c1. The molecule has 24 heavy (non-hydrogen) atoms. The number of non-ortho nitro benzene ring substituents is 2. The zero-order valence-electron chi connectivity index (χ0n) is 11.6. The highest BCUT2D eigenvalue weighted by atomic mass is 33.7. The van der Waals surface area contributed by atoms with Crippen molar-refractivity contribution in [2.75, 3.05) is 0 Å². The highest BCUT2D eigenvalue weighted by Crippen LogP contribution is 2.30. The smallest absolute Gasteiger partial charge is 0.258 e. The summed E-state index contributed by atoms with van der Waals surface area (Å²) >= 11 is 22.1. The van der Waals surface area contributed by atoms with E-state index in [1.807, 2.05) is 0 Å². The summed E-state index contributed by atoms with van der Waals surface area (Å²) < 4.78 is 0. The predicted octanol–water partition coefficient (Wildman–Crippen LogP) is 2.99. The van der Waals surface area contributed by atoms with Gasteiger partial charge in [0.2, 0.25) is 0 Å². The molecule has 6 nitrogen and oxygen atoms in total. The molecular weight excluding hydrogens is 429 g/mol. The van der Waals surface area contributed by atoms with Gasteiger partial charge in [-0.2, -0.15) is 0 Å². The van der Waals surface area contributed by atoms with Crippen molar-refractivity contribution in [2.45, 2.75) is 9.79 Å². The van der Waals surface area contributed by atoms with E-state index in [1.54, 1.807) is 12.1 Å². The molecule has 12 heteroatoms. The minimum Gasteiger partial charge on any atom is -0.258 e. The highest BCUT2D eigenvalue weighted by molar-refractivity contribution is 9.11. The fraction of sp³-hybridized carbons (Fsp3) is 0. The van der Waals surface area contributed by atoms with Gasteiger partial charge in [-0.25, -0.2) is 0 Å². The number of nitrogens with zero attached hydrogens (tertiary/aromatic N) is 2. The van der Waals surface area contributed by atoms with E-state index in [0.29, 0.717) is 9.79 Å². The van der Waals surface area contributed by atoms with Crippen molar-refractivity contribution in [3.8, 4) is 0 Å². The Morgan fingerprint density at radius 1 is 0.708 bits per heavy atom. The minimum atomic E-state index is -2.64. The first-order chi connectivity index (χ1) is 11.1. The van der Waals surface area contributed by atoms with Gasteiger partial charge >= 0.3 is 0 Å². The largest absolute Gasteiger partial charge is 0.270 e. The van der Waals surface area contributed by atoms with Gasteiger partial charge in [0.25, 0.3) is 11.4 Å². The molecule has 0 amide bonds. The molecule has 0 bridgehead atoms. The Kier molecular flexibility index (Phi) is 5.57. The van der Waals surface area contributed by atoms with Gasteiger partial charge in [-0.1, -0.05) is 12.1 Å². The first kappa shape index (κ1) is 19.1. The number of rotatable bonds is 5. The number of hydrogen-bond acceptors (Lipinski definition) is 8. The van der Waals surface area contributed by atoms with Crippen LogP contribution in [0.4, 0.5) is 11.4 Å². The van der Waals surface area contributed by atoms with Gasteiger partial charge in [-0.15, -0.1) is 0 Å². The zero-order valence-corrected chi connectivity index (χ0v) is 16.5. The Labute approximate surface area is 156 Å². The van der Waals surface area contributed by atoms with Crippen LogP contribution in [0, 0.1) is 20.2 Å². The molecule has 0 aliphatic carbocycles. The van der Waals surface area contributed by atoms with E-state index in [1.165, 1.54) is 36.4 Å². The number of nitro benzene ring substituents is 2. The van der Waals surface area contributed by atoms with E-state index in [-0.39, 0.29) is 11.4 Å². The normalized spacial score (nSPS) is 11.8. The van der Waals surface area contributed by atoms with Gasteiger partial charge in [0.1, 0.15) is 0 Å². The molecule has 0 aliphatic heterocycles. The minimum absolute atomic E-state index is 0.154. The molecular formula is C12H8N2O4S6. The summed E-state index contributed by atoms with van der Waals surface area (Å²) in [5.74, 6) is 0. The maximum absolute atomic E-state index is 10.9. The Bertz CT molecular complexity index is 961. The quantitative estimate of drug-likeness (QED) is 0.402. The topological polar surface area (TPSA) is 86.3 Å². The molecule has 0 spiro atoms. The molecule has 0 aliphatic rings. The lowest BCUT2D eigenvalue weighted by molar-refractivity contribution is -0.385. The van der Waals surface area contributed by atoms with Crippen LogP contribution in [0.25, 0.3) is 0 Å². The van der Waals surface area contributed by atoms with E-state index < -0.39 is 22.2 Å². The third kappa shape index (κ3) is 3.58. The zero-order chi connectivity index (χ0) is 18.1. The second-order valence-electron chi connectivity index (χ2n) is 4.42. The Balaban J connectivity index is 2.64. The molecule has 2 aromatic rings. The van der Waals surface area contributed by atoms with Crippen molar-refractivity contribution in [3.63, 3.8) is 0 Å². The molecule has 2 aromatic carbocycles. The number of hydrogen-bond donors (Lipinski definition) is 0. The first-order valence-corrected chi connectivity index (χ1v) is 13.5. The van der Waals surface area contributed by atoms with Crippen molar-refractivity contribution in [2.24, 2.45) is 0 Å². The lowest BCUT2D eigenvalue weighted by Crippen LogP contribution is -2.12. The van der Waals surface area contributed by atoms with Gasteiger partial charge in [0, 0.05) is 34.1 Å². The van der Waals surface area contributed by atoms with E-state index in [2.05, 4.69) is 0 Å². The lowest BCUT2D eigenvalue weighted by Gasteiger charge is -2.18. The number of nitro groups is 2. The molecule has 0 unspecified atom stereocenters. The molecule has 0 fully saturated rings. The van der Waals surface area contributed by atoms with Crippen LogP contribution < -0.4 is 0 Å². The molecule has 0 aromatic heterocycles. The predicted molar refractivity (Wildman–Crippen MR) is 107 cm³/mol. The first-order valence-electron chi connectivity index (χ1n) is 6.06. The summed E-state index contributed by atoms with van der Waals surface area (Å²) in [4.78, 5) is 21.5. The van der Waals surface area contributed by atoms with E-state index in [4.69, 9.17) is 44.8 Å². The maximum Gasteiger partial charge on any atom is 0.270 e. The Morgan fingerprint density at radius 3 is 1.33 bits per heavy atom. The molecule has 0 radical (unpaired) electrons. The van der Waals surface area contributed by atoms with Gasteiger partial charge in [-0.3, -0.25) is 20.2 Å². The van der Waals surface area contributed by atoms with Gasteiger partial charge in [0.15, 0.2) is 0 Å². The van der Waals surface area contributed by atoms with Crippen molar-refractivity contribution in [1.82, 2.24) is 0 Å². The van der Waals surface area contributed by atoms with Crippen LogP contribution in [-0.4, -0.2) is 9.85 Å². The Morgan fingerprint density at radius 2 is 1.04 bits per heavy atom. The summed E-state index contributed by atoms with van der Waals surface area (Å²) in [5, 5.41) is 21.9. The number of benzene rings is 2. The van der Waals surface area contributed by atoms with Crippen LogP contribution in [-0.2, 0) is 57.1 Å². The van der Waals surface area contributed by atoms with E-state index >= 15 is 0 Å². The lowest BCUT2D eigenvalue weighted by atomic mass is 10.3. The van der Waals surface area contributed by atoms with Crippen LogP contribution in [0.2, 0.25) is 0 Å². The summed E-state index contributed by atoms with van der Waals surface area (Å²) in [5.41, 5.74) is -0.309. The van der Waals surface area contributed by atoms with E-state index in [9.17, 15) is 20.2 Å². The van der Waals surface area contributed by atoms with Crippen LogP contribution in [0.1, 0.15) is 0 Å². The van der Waals surface area contributed by atoms with Crippen LogP contribution >= 0.6 is 0 Å². The average Bonchev–Trinajstić information content (AvgIpc) is 2.54. The molecule has 0 atom stereocenters. The molecule has 2 rings (SSSR count). The fourth-order valence-electron chi connectivity index (χ4n) is 1.76. The van der Waals surface area contributed by atoms with Crippen LogP contribution in [0.5, 0.6) is 0 Å². The van der Waals surface area contributed by atoms with Crippen molar-refractivity contribution in [3.05, 3.63) is 68.8 Å². The van der Waals surface area contributed by atoms with Crippen molar-refractivity contribution >= 4 is 68.5 Å². The maximum atomic E-state index is 10.9. The second kappa shape index (κ2) is 6.98. The van der Waals surface area contributed by atoms with Gasteiger partial charge in [0.05, 0.1) is 9.85 Å². The summed E-state index contributed by atoms with van der Waals surface area (Å²) in [6.45, 7) is 0. The summed E-state index contributed by atoms with van der Waals surface area (Å²) in [7, 11) is 0. The molecule has 0 saturated heterocycles. The van der Waals surface area contributed by atoms with E-state index in [0.717, 1.165) is 0 Å². The molecule has 0 saturated carbocycles.